The topological polar surface area (TPSA) is 55.1 Å². The van der Waals surface area contributed by atoms with Gasteiger partial charge in [-0.25, -0.2) is 0 Å². The predicted molar refractivity (Wildman–Crippen MR) is 87.6 cm³/mol. The summed E-state index contributed by atoms with van der Waals surface area (Å²) in [7, 11) is 0. The van der Waals surface area contributed by atoms with E-state index in [0.717, 1.165) is 15.6 Å². The van der Waals surface area contributed by atoms with Crippen molar-refractivity contribution in [3.8, 4) is 0 Å². The number of nitrogens with one attached hydrogen (secondary N) is 1. The Morgan fingerprint density at radius 1 is 1.10 bits per heavy atom. The fourth-order valence-electron chi connectivity index (χ4n) is 1.71. The van der Waals surface area contributed by atoms with Crippen molar-refractivity contribution >= 4 is 39.0 Å². The van der Waals surface area contributed by atoms with Gasteiger partial charge in [0, 0.05) is 22.1 Å². The summed E-state index contributed by atoms with van der Waals surface area (Å²) in [5.41, 5.74) is 7.88. The molecule has 3 nitrogen and oxygen atoms in total. The van der Waals surface area contributed by atoms with Crippen LogP contribution in [0, 0.1) is 0 Å². The normalized spacial score (nSPS) is 10.1. The van der Waals surface area contributed by atoms with Gasteiger partial charge in [0.15, 0.2) is 0 Å². The van der Waals surface area contributed by atoms with Gasteiger partial charge in [0.1, 0.15) is 4.99 Å². The lowest BCUT2D eigenvalue weighted by Gasteiger charge is -2.07. The minimum Gasteiger partial charge on any atom is -0.389 e. The molecule has 0 aromatic heterocycles. The number of nitrogens with two attached hydrogens (primary N) is 1. The highest BCUT2D eigenvalue weighted by Crippen LogP contribution is 2.15. The molecule has 2 aromatic rings. The number of hydrogen-bond donors (Lipinski definition) is 2. The molecule has 0 atom stereocenters. The minimum atomic E-state index is -0.129. The Labute approximate surface area is 131 Å². The summed E-state index contributed by atoms with van der Waals surface area (Å²) in [4.78, 5) is 12.3. The fourth-order valence-corrected chi connectivity index (χ4v) is 2.27. The van der Waals surface area contributed by atoms with E-state index in [1.165, 1.54) is 0 Å². The molecule has 0 spiro atoms. The molecule has 0 fully saturated rings. The Morgan fingerprint density at radius 2 is 1.70 bits per heavy atom. The van der Waals surface area contributed by atoms with E-state index < -0.39 is 0 Å². The zero-order valence-corrected chi connectivity index (χ0v) is 13.0. The van der Waals surface area contributed by atoms with Crippen molar-refractivity contribution in [3.05, 3.63) is 69.7 Å². The standard InChI is InChI=1S/C15H13BrN2OS/c16-13-4-2-1-3-12(13)9-18-15(19)11-7-5-10(6-8-11)14(17)20/h1-8H,9H2,(H2,17,20)(H,18,19). The van der Waals surface area contributed by atoms with E-state index in [2.05, 4.69) is 21.2 Å². The molecule has 0 aliphatic heterocycles. The van der Waals surface area contributed by atoms with Crippen molar-refractivity contribution in [2.75, 3.05) is 0 Å². The van der Waals surface area contributed by atoms with Gasteiger partial charge in [-0.1, -0.05) is 58.5 Å². The van der Waals surface area contributed by atoms with Crippen molar-refractivity contribution in [1.82, 2.24) is 5.32 Å². The van der Waals surface area contributed by atoms with E-state index in [1.54, 1.807) is 24.3 Å². The lowest BCUT2D eigenvalue weighted by atomic mass is 10.1. The first-order chi connectivity index (χ1) is 9.58. The molecule has 0 unspecified atom stereocenters. The van der Waals surface area contributed by atoms with Crippen LogP contribution in [0.3, 0.4) is 0 Å². The molecule has 0 aliphatic rings. The highest BCUT2D eigenvalue weighted by molar-refractivity contribution is 9.10. The highest BCUT2D eigenvalue weighted by Gasteiger charge is 2.06. The molecule has 102 valence electrons. The number of hydrogen-bond acceptors (Lipinski definition) is 2. The molecule has 0 radical (unpaired) electrons. The monoisotopic (exact) mass is 348 g/mol. The zero-order chi connectivity index (χ0) is 14.5. The Hall–Kier alpha value is -1.72. The number of amides is 1. The smallest absolute Gasteiger partial charge is 0.251 e. The quantitative estimate of drug-likeness (QED) is 0.835. The van der Waals surface area contributed by atoms with Crippen LogP contribution in [0.15, 0.2) is 53.0 Å². The molecule has 0 bridgehead atoms. The average molecular weight is 349 g/mol. The van der Waals surface area contributed by atoms with Crippen LogP contribution < -0.4 is 11.1 Å². The van der Waals surface area contributed by atoms with Crippen molar-refractivity contribution in [2.45, 2.75) is 6.54 Å². The number of rotatable bonds is 4. The van der Waals surface area contributed by atoms with Gasteiger partial charge in [0.2, 0.25) is 0 Å². The number of carbonyl (C=O) groups is 1. The van der Waals surface area contributed by atoms with E-state index in [0.29, 0.717) is 17.1 Å². The summed E-state index contributed by atoms with van der Waals surface area (Å²) in [6.45, 7) is 0.470. The van der Waals surface area contributed by atoms with Gasteiger partial charge < -0.3 is 11.1 Å². The van der Waals surface area contributed by atoms with Crippen LogP contribution in [0.25, 0.3) is 0 Å². The van der Waals surface area contributed by atoms with Gasteiger partial charge >= 0.3 is 0 Å². The second kappa shape index (κ2) is 6.63. The first-order valence-corrected chi connectivity index (χ1v) is 7.19. The van der Waals surface area contributed by atoms with Crippen LogP contribution >= 0.6 is 28.1 Å². The average Bonchev–Trinajstić information content (AvgIpc) is 2.46. The van der Waals surface area contributed by atoms with E-state index in [1.807, 2.05) is 24.3 Å². The molecular weight excluding hydrogens is 336 g/mol. The first kappa shape index (κ1) is 14.7. The van der Waals surface area contributed by atoms with Crippen molar-refractivity contribution in [1.29, 1.82) is 0 Å². The van der Waals surface area contributed by atoms with Crippen LogP contribution in [-0.4, -0.2) is 10.9 Å². The molecule has 2 rings (SSSR count). The SMILES string of the molecule is NC(=S)c1ccc(C(=O)NCc2ccccc2Br)cc1. The maximum Gasteiger partial charge on any atom is 0.251 e. The van der Waals surface area contributed by atoms with E-state index >= 15 is 0 Å². The lowest BCUT2D eigenvalue weighted by molar-refractivity contribution is 0.0951. The van der Waals surface area contributed by atoms with Crippen molar-refractivity contribution < 1.29 is 4.79 Å². The molecule has 0 aliphatic carbocycles. The molecule has 2 aromatic carbocycles. The van der Waals surface area contributed by atoms with Crippen molar-refractivity contribution in [2.24, 2.45) is 5.73 Å². The summed E-state index contributed by atoms with van der Waals surface area (Å²) < 4.78 is 0.976. The minimum absolute atomic E-state index is 0.129. The molecule has 0 heterocycles. The number of thiocarbonyl (C=S) groups is 1. The molecule has 1 amide bonds. The summed E-state index contributed by atoms with van der Waals surface area (Å²) in [5, 5.41) is 2.87. The highest BCUT2D eigenvalue weighted by atomic mass is 79.9. The maximum absolute atomic E-state index is 12.0. The van der Waals surface area contributed by atoms with Gasteiger partial charge in [0.05, 0.1) is 0 Å². The van der Waals surface area contributed by atoms with E-state index in [-0.39, 0.29) is 5.91 Å². The second-order valence-corrected chi connectivity index (χ2v) is 5.51. The predicted octanol–water partition coefficient (Wildman–Crippen LogP) is 3.01. The van der Waals surface area contributed by atoms with Crippen LogP contribution in [0.1, 0.15) is 21.5 Å². The van der Waals surface area contributed by atoms with Crippen molar-refractivity contribution in [3.63, 3.8) is 0 Å². The van der Waals surface area contributed by atoms with Crippen LogP contribution in [0.2, 0.25) is 0 Å². The third kappa shape index (κ3) is 3.65. The maximum atomic E-state index is 12.0. The number of benzene rings is 2. The molecule has 5 heteroatoms. The van der Waals surface area contributed by atoms with Crippen LogP contribution in [-0.2, 0) is 6.54 Å². The van der Waals surface area contributed by atoms with Gasteiger partial charge in [-0.15, -0.1) is 0 Å². The van der Waals surface area contributed by atoms with Gasteiger partial charge in [-0.2, -0.15) is 0 Å². The number of carbonyl (C=O) groups excluding carboxylic acids is 1. The van der Waals surface area contributed by atoms with Gasteiger partial charge in [0.25, 0.3) is 5.91 Å². The summed E-state index contributed by atoms with van der Waals surface area (Å²) in [6.07, 6.45) is 0. The summed E-state index contributed by atoms with van der Waals surface area (Å²) in [6, 6.07) is 14.7. The van der Waals surface area contributed by atoms with E-state index in [9.17, 15) is 4.79 Å². The van der Waals surface area contributed by atoms with Gasteiger partial charge in [-0.3, -0.25) is 4.79 Å². The largest absolute Gasteiger partial charge is 0.389 e. The second-order valence-electron chi connectivity index (χ2n) is 4.22. The Kier molecular flexibility index (Phi) is 4.87. The van der Waals surface area contributed by atoms with E-state index in [4.69, 9.17) is 18.0 Å². The molecule has 0 saturated carbocycles. The lowest BCUT2D eigenvalue weighted by Crippen LogP contribution is -2.23. The Bertz CT molecular complexity index is 641. The fraction of sp³-hybridized carbons (Fsp3) is 0.0667. The molecular formula is C15H13BrN2OS. The molecule has 3 N–H and O–H groups in total. The van der Waals surface area contributed by atoms with Crippen LogP contribution in [0.5, 0.6) is 0 Å². The van der Waals surface area contributed by atoms with Crippen LogP contribution in [0.4, 0.5) is 0 Å². The van der Waals surface area contributed by atoms with Gasteiger partial charge in [-0.05, 0) is 23.8 Å². The molecule has 20 heavy (non-hydrogen) atoms. The summed E-state index contributed by atoms with van der Waals surface area (Å²) >= 11 is 8.32. The third-order valence-electron chi connectivity index (χ3n) is 2.83. The third-order valence-corrected chi connectivity index (χ3v) is 3.84. The Balaban J connectivity index is 2.02. The first-order valence-electron chi connectivity index (χ1n) is 5.99. The molecule has 0 saturated heterocycles. The number of halogens is 1. The Morgan fingerprint density at radius 3 is 2.30 bits per heavy atom. The zero-order valence-electron chi connectivity index (χ0n) is 10.6. The summed E-state index contributed by atoms with van der Waals surface area (Å²) in [5.74, 6) is -0.129.